The van der Waals surface area contributed by atoms with Crippen molar-refractivity contribution in [2.24, 2.45) is 5.92 Å². The Morgan fingerprint density at radius 1 is 1.04 bits per heavy atom. The molecule has 0 aliphatic carbocycles. The number of rotatable bonds is 13. The Balaban J connectivity index is 2.57. The minimum atomic E-state index is -0.171. The molecule has 0 spiro atoms. The van der Waals surface area contributed by atoms with E-state index in [1.165, 1.54) is 25.7 Å². The molecule has 0 aliphatic heterocycles. The fraction of sp³-hybridized carbons (Fsp3) is 0.609. The number of benzene rings is 1. The van der Waals surface area contributed by atoms with E-state index >= 15 is 0 Å². The quantitative estimate of drug-likeness (QED) is 0.231. The molecule has 0 aliphatic rings. The van der Waals surface area contributed by atoms with Crippen LogP contribution in [0.5, 0.6) is 5.75 Å². The molecule has 26 heavy (non-hydrogen) atoms. The van der Waals surface area contributed by atoms with Gasteiger partial charge in [-0.15, -0.1) is 0 Å². The van der Waals surface area contributed by atoms with E-state index in [2.05, 4.69) is 20.8 Å². The van der Waals surface area contributed by atoms with E-state index in [-0.39, 0.29) is 5.97 Å². The summed E-state index contributed by atoms with van der Waals surface area (Å²) in [6.07, 6.45) is 10.8. The third kappa shape index (κ3) is 9.65. The molecule has 1 rings (SSSR count). The molecule has 3 nitrogen and oxygen atoms in total. The van der Waals surface area contributed by atoms with Crippen molar-refractivity contribution in [3.63, 3.8) is 0 Å². The summed E-state index contributed by atoms with van der Waals surface area (Å²) in [6, 6.07) is 7.76. The molecular weight excluding hydrogens is 324 g/mol. The van der Waals surface area contributed by atoms with Gasteiger partial charge in [0.15, 0.2) is 0 Å². The van der Waals surface area contributed by atoms with Crippen LogP contribution in [0.4, 0.5) is 0 Å². The highest BCUT2D eigenvalue weighted by Crippen LogP contribution is 2.19. The zero-order valence-corrected chi connectivity index (χ0v) is 17.1. The maximum absolute atomic E-state index is 12.5. The van der Waals surface area contributed by atoms with Gasteiger partial charge in [-0.1, -0.05) is 65.0 Å². The minimum absolute atomic E-state index is 0.171. The van der Waals surface area contributed by atoms with Crippen molar-refractivity contribution >= 4 is 12.0 Å². The topological polar surface area (TPSA) is 35.5 Å². The first-order valence-corrected chi connectivity index (χ1v) is 10.1. The lowest BCUT2D eigenvalue weighted by Crippen LogP contribution is -2.10. The molecule has 0 unspecified atom stereocenters. The lowest BCUT2D eigenvalue weighted by molar-refractivity contribution is -0.139. The maximum Gasteiger partial charge on any atom is 0.334 e. The largest absolute Gasteiger partial charge is 0.497 e. The van der Waals surface area contributed by atoms with Gasteiger partial charge in [-0.3, -0.25) is 0 Å². The fourth-order valence-electron chi connectivity index (χ4n) is 2.72. The van der Waals surface area contributed by atoms with Gasteiger partial charge in [0.2, 0.25) is 0 Å². The van der Waals surface area contributed by atoms with Gasteiger partial charge in [-0.25, -0.2) is 4.79 Å². The standard InChI is InChI=1S/C23H36O3/c1-5-6-7-8-9-10-17-26-23(24)21(14-11-19(2)3)18-20-12-15-22(25-4)16-13-20/h12-13,15-16,18-19H,5-11,14,17H2,1-4H3. The summed E-state index contributed by atoms with van der Waals surface area (Å²) in [6.45, 7) is 7.08. The predicted molar refractivity (Wildman–Crippen MR) is 109 cm³/mol. The van der Waals surface area contributed by atoms with Crippen molar-refractivity contribution in [3.8, 4) is 5.75 Å². The zero-order valence-electron chi connectivity index (χ0n) is 17.1. The summed E-state index contributed by atoms with van der Waals surface area (Å²) in [5.74, 6) is 1.20. The van der Waals surface area contributed by atoms with Gasteiger partial charge in [-0.2, -0.15) is 0 Å². The summed E-state index contributed by atoms with van der Waals surface area (Å²) in [7, 11) is 1.65. The summed E-state index contributed by atoms with van der Waals surface area (Å²) in [4.78, 5) is 12.5. The molecular formula is C23H36O3. The molecule has 0 atom stereocenters. The van der Waals surface area contributed by atoms with Gasteiger partial charge in [0.25, 0.3) is 0 Å². The Labute approximate surface area is 159 Å². The Morgan fingerprint density at radius 2 is 1.69 bits per heavy atom. The molecule has 0 saturated carbocycles. The molecule has 0 fully saturated rings. The van der Waals surface area contributed by atoms with E-state index in [1.807, 2.05) is 30.3 Å². The van der Waals surface area contributed by atoms with Crippen molar-refractivity contribution < 1.29 is 14.3 Å². The number of hydrogen-bond donors (Lipinski definition) is 0. The first-order chi connectivity index (χ1) is 12.6. The third-order valence-corrected chi connectivity index (χ3v) is 4.44. The number of esters is 1. The van der Waals surface area contributed by atoms with Gasteiger partial charge in [0, 0.05) is 5.57 Å². The SMILES string of the molecule is CCCCCCCCOC(=O)C(=Cc1ccc(OC)cc1)CCC(C)C. The van der Waals surface area contributed by atoms with Gasteiger partial charge in [0.05, 0.1) is 13.7 Å². The first-order valence-electron chi connectivity index (χ1n) is 10.1. The molecule has 0 aromatic heterocycles. The van der Waals surface area contributed by atoms with Crippen LogP contribution in [0.3, 0.4) is 0 Å². The second-order valence-electron chi connectivity index (χ2n) is 7.28. The van der Waals surface area contributed by atoms with Crippen molar-refractivity contribution in [2.45, 2.75) is 72.1 Å². The molecule has 0 saturated heterocycles. The average Bonchev–Trinajstić information content (AvgIpc) is 2.64. The van der Waals surface area contributed by atoms with Crippen molar-refractivity contribution in [1.29, 1.82) is 0 Å². The van der Waals surface area contributed by atoms with Gasteiger partial charge in [0.1, 0.15) is 5.75 Å². The number of ether oxygens (including phenoxy) is 2. The van der Waals surface area contributed by atoms with E-state index in [9.17, 15) is 4.79 Å². The van der Waals surface area contributed by atoms with Crippen LogP contribution in [0.2, 0.25) is 0 Å². The molecule has 0 N–H and O–H groups in total. The second-order valence-corrected chi connectivity index (χ2v) is 7.28. The fourth-order valence-corrected chi connectivity index (χ4v) is 2.72. The predicted octanol–water partition coefficient (Wildman–Crippen LogP) is 6.42. The van der Waals surface area contributed by atoms with Gasteiger partial charge in [-0.05, 0) is 49.0 Å². The zero-order chi connectivity index (χ0) is 19.2. The van der Waals surface area contributed by atoms with E-state index in [4.69, 9.17) is 9.47 Å². The smallest absolute Gasteiger partial charge is 0.334 e. The van der Waals surface area contributed by atoms with E-state index in [1.54, 1.807) is 7.11 Å². The number of carbonyl (C=O) groups is 1. The highest BCUT2D eigenvalue weighted by atomic mass is 16.5. The van der Waals surface area contributed by atoms with Crippen molar-refractivity contribution in [2.75, 3.05) is 13.7 Å². The van der Waals surface area contributed by atoms with Crippen molar-refractivity contribution in [1.82, 2.24) is 0 Å². The lowest BCUT2D eigenvalue weighted by Gasteiger charge is -2.10. The Bertz CT molecular complexity index is 529. The van der Waals surface area contributed by atoms with Crippen LogP contribution >= 0.6 is 0 Å². The van der Waals surface area contributed by atoms with E-state index in [0.29, 0.717) is 12.5 Å². The molecule has 146 valence electrons. The molecule has 1 aromatic rings. The summed E-state index contributed by atoms with van der Waals surface area (Å²) < 4.78 is 10.7. The van der Waals surface area contributed by atoms with E-state index < -0.39 is 0 Å². The number of carbonyl (C=O) groups excluding carboxylic acids is 1. The molecule has 0 radical (unpaired) electrons. The van der Waals surface area contributed by atoms with Crippen LogP contribution in [0.1, 0.15) is 77.7 Å². The minimum Gasteiger partial charge on any atom is -0.497 e. The first kappa shape index (κ1) is 22.3. The molecule has 3 heteroatoms. The lowest BCUT2D eigenvalue weighted by atomic mass is 10.0. The number of hydrogen-bond acceptors (Lipinski definition) is 3. The molecule has 0 heterocycles. The van der Waals surface area contributed by atoms with Crippen molar-refractivity contribution in [3.05, 3.63) is 35.4 Å². The van der Waals surface area contributed by atoms with Gasteiger partial charge < -0.3 is 9.47 Å². The summed E-state index contributed by atoms with van der Waals surface area (Å²) in [5.41, 5.74) is 1.76. The van der Waals surface area contributed by atoms with Crippen LogP contribution < -0.4 is 4.74 Å². The maximum atomic E-state index is 12.5. The van der Waals surface area contributed by atoms with Crippen LogP contribution in [0, 0.1) is 5.92 Å². The summed E-state index contributed by atoms with van der Waals surface area (Å²) >= 11 is 0. The van der Waals surface area contributed by atoms with Crippen LogP contribution in [-0.4, -0.2) is 19.7 Å². The Kier molecular flexibility index (Phi) is 11.5. The molecule has 0 amide bonds. The average molecular weight is 361 g/mol. The van der Waals surface area contributed by atoms with Crippen LogP contribution in [0.25, 0.3) is 6.08 Å². The highest BCUT2D eigenvalue weighted by molar-refractivity contribution is 5.93. The Hall–Kier alpha value is -1.77. The third-order valence-electron chi connectivity index (χ3n) is 4.44. The normalized spacial score (nSPS) is 11.7. The van der Waals surface area contributed by atoms with E-state index in [0.717, 1.165) is 42.6 Å². The second kappa shape index (κ2) is 13.4. The monoisotopic (exact) mass is 360 g/mol. The van der Waals surface area contributed by atoms with Crippen LogP contribution in [0.15, 0.2) is 29.8 Å². The molecule has 0 bridgehead atoms. The van der Waals surface area contributed by atoms with Gasteiger partial charge >= 0.3 is 5.97 Å². The summed E-state index contributed by atoms with van der Waals surface area (Å²) in [5, 5.41) is 0. The number of methoxy groups -OCH3 is 1. The number of unbranched alkanes of at least 4 members (excludes halogenated alkanes) is 5. The molecule has 1 aromatic carbocycles. The van der Waals surface area contributed by atoms with Crippen LogP contribution in [-0.2, 0) is 9.53 Å². The highest BCUT2D eigenvalue weighted by Gasteiger charge is 2.12. The Morgan fingerprint density at radius 3 is 2.31 bits per heavy atom.